The molecule has 2 aromatic carbocycles. The number of hydrogen-bond donors (Lipinski definition) is 2. The zero-order chi connectivity index (χ0) is 24.7. The van der Waals surface area contributed by atoms with Gasteiger partial charge >= 0.3 is 5.97 Å². The van der Waals surface area contributed by atoms with E-state index in [-0.39, 0.29) is 5.91 Å². The fourth-order valence-electron chi connectivity index (χ4n) is 4.48. The molecule has 1 aliphatic heterocycles. The Hall–Kier alpha value is -3.39. The van der Waals surface area contributed by atoms with Crippen molar-refractivity contribution in [1.29, 1.82) is 0 Å². The Balaban J connectivity index is 1.43. The first kappa shape index (κ1) is 23.4. The average molecular weight is 510 g/mol. The highest BCUT2D eigenvalue weighted by Gasteiger charge is 2.42. The van der Waals surface area contributed by atoms with Crippen molar-refractivity contribution in [2.24, 2.45) is 7.05 Å². The lowest BCUT2D eigenvalue weighted by molar-refractivity contribution is -0.137. The second kappa shape index (κ2) is 9.00. The van der Waals surface area contributed by atoms with Gasteiger partial charge in [-0.15, -0.1) is 0 Å². The van der Waals surface area contributed by atoms with Crippen molar-refractivity contribution < 1.29 is 19.4 Å². The molecule has 1 aliphatic rings. The second-order valence-electron chi connectivity index (χ2n) is 8.59. The van der Waals surface area contributed by atoms with Crippen LogP contribution in [0.3, 0.4) is 0 Å². The van der Waals surface area contributed by atoms with Crippen LogP contribution >= 0.6 is 23.2 Å². The summed E-state index contributed by atoms with van der Waals surface area (Å²) in [5.74, 6) is -2.08. The Kier molecular flexibility index (Phi) is 6.01. The molecule has 1 fully saturated rings. The standard InChI is InChI=1S/C26H21Cl2N3O4/c1-31-20-9-8-19(27)23(28)18(20)11-21(31)24(32)30-26(13-35-14-26)17-6-4-15(5-7-17)22(25(33)34)16-3-2-10-29-12-16/h2-12,22H,13-14H2,1H3,(H,30,32)(H,33,34). The van der Waals surface area contributed by atoms with Gasteiger partial charge in [0.1, 0.15) is 17.2 Å². The molecular formula is C26H21Cl2N3O4. The maximum absolute atomic E-state index is 13.3. The minimum Gasteiger partial charge on any atom is -0.481 e. The van der Waals surface area contributed by atoms with E-state index in [9.17, 15) is 14.7 Å². The van der Waals surface area contributed by atoms with Crippen molar-refractivity contribution in [3.63, 3.8) is 0 Å². The molecule has 0 radical (unpaired) electrons. The molecule has 1 unspecified atom stereocenters. The zero-order valence-electron chi connectivity index (χ0n) is 18.7. The summed E-state index contributed by atoms with van der Waals surface area (Å²) in [6.07, 6.45) is 3.16. The van der Waals surface area contributed by atoms with Crippen LogP contribution in [0, 0.1) is 0 Å². The highest BCUT2D eigenvalue weighted by Crippen LogP contribution is 2.35. The van der Waals surface area contributed by atoms with Crippen LogP contribution < -0.4 is 5.32 Å². The van der Waals surface area contributed by atoms with Crippen molar-refractivity contribution in [2.75, 3.05) is 13.2 Å². The third-order valence-electron chi connectivity index (χ3n) is 6.46. The quantitative estimate of drug-likeness (QED) is 0.391. The van der Waals surface area contributed by atoms with Crippen LogP contribution in [0.1, 0.15) is 33.1 Å². The van der Waals surface area contributed by atoms with Crippen LogP contribution in [-0.4, -0.2) is 39.7 Å². The van der Waals surface area contributed by atoms with Crippen LogP contribution in [0.15, 0.2) is 67.0 Å². The number of carboxylic acids is 1. The molecule has 2 aromatic heterocycles. The van der Waals surface area contributed by atoms with Gasteiger partial charge in [-0.3, -0.25) is 14.6 Å². The van der Waals surface area contributed by atoms with Crippen molar-refractivity contribution in [2.45, 2.75) is 11.5 Å². The summed E-state index contributed by atoms with van der Waals surface area (Å²) in [5, 5.41) is 14.4. The molecule has 7 nitrogen and oxygen atoms in total. The van der Waals surface area contributed by atoms with Crippen molar-refractivity contribution >= 4 is 46.0 Å². The monoisotopic (exact) mass is 509 g/mol. The van der Waals surface area contributed by atoms with Gasteiger partial charge in [-0.25, -0.2) is 0 Å². The van der Waals surface area contributed by atoms with E-state index in [1.54, 1.807) is 60.4 Å². The molecule has 5 rings (SSSR count). The van der Waals surface area contributed by atoms with Gasteiger partial charge in [-0.2, -0.15) is 0 Å². The van der Waals surface area contributed by atoms with Crippen molar-refractivity contribution in [3.8, 4) is 0 Å². The average Bonchev–Trinajstić information content (AvgIpc) is 3.17. The van der Waals surface area contributed by atoms with E-state index >= 15 is 0 Å². The number of aromatic nitrogens is 2. The first-order valence-corrected chi connectivity index (χ1v) is 11.6. The lowest BCUT2D eigenvalue weighted by Gasteiger charge is -2.42. The number of ether oxygens (including phenoxy) is 1. The van der Waals surface area contributed by atoms with E-state index in [0.29, 0.717) is 45.5 Å². The number of rotatable bonds is 6. The van der Waals surface area contributed by atoms with Gasteiger partial charge in [0.15, 0.2) is 0 Å². The first-order valence-electron chi connectivity index (χ1n) is 10.9. The SMILES string of the molecule is Cn1c(C(=O)NC2(c3ccc(C(C(=O)O)c4cccnc4)cc3)COC2)cc2c(Cl)c(Cl)ccc21. The Bertz CT molecular complexity index is 1430. The third kappa shape index (κ3) is 4.05. The number of pyridine rings is 1. The van der Waals surface area contributed by atoms with E-state index in [4.69, 9.17) is 27.9 Å². The predicted octanol–water partition coefficient (Wildman–Crippen LogP) is 4.75. The lowest BCUT2D eigenvalue weighted by Crippen LogP contribution is -2.59. The van der Waals surface area contributed by atoms with Crippen molar-refractivity contribution in [3.05, 3.63) is 99.4 Å². The maximum Gasteiger partial charge on any atom is 0.315 e. The fraction of sp³-hybridized carbons (Fsp3) is 0.192. The molecule has 1 atom stereocenters. The van der Waals surface area contributed by atoms with E-state index in [2.05, 4.69) is 10.3 Å². The van der Waals surface area contributed by atoms with Crippen LogP contribution in [0.5, 0.6) is 0 Å². The summed E-state index contributed by atoms with van der Waals surface area (Å²) in [6.45, 7) is 0.610. The molecular weight excluding hydrogens is 489 g/mol. The predicted molar refractivity (Wildman–Crippen MR) is 133 cm³/mol. The Morgan fingerprint density at radius 3 is 2.46 bits per heavy atom. The van der Waals surface area contributed by atoms with E-state index < -0.39 is 17.4 Å². The number of nitrogens with one attached hydrogen (secondary N) is 1. The number of carbonyl (C=O) groups excluding carboxylic acids is 1. The number of fused-ring (bicyclic) bond motifs is 1. The molecule has 0 aliphatic carbocycles. The van der Waals surface area contributed by atoms with Crippen LogP contribution in [-0.2, 0) is 22.1 Å². The van der Waals surface area contributed by atoms with Gasteiger partial charge in [-0.1, -0.05) is 53.5 Å². The number of benzene rings is 2. The molecule has 3 heterocycles. The molecule has 0 spiro atoms. The van der Waals surface area contributed by atoms with Gasteiger partial charge in [0.25, 0.3) is 5.91 Å². The summed E-state index contributed by atoms with van der Waals surface area (Å²) >= 11 is 12.5. The maximum atomic E-state index is 13.3. The van der Waals surface area contributed by atoms with E-state index in [1.807, 2.05) is 18.2 Å². The summed E-state index contributed by atoms with van der Waals surface area (Å²) in [4.78, 5) is 29.3. The minimum atomic E-state index is -0.963. The zero-order valence-corrected chi connectivity index (χ0v) is 20.2. The van der Waals surface area contributed by atoms with E-state index in [0.717, 1.165) is 11.1 Å². The molecule has 1 saturated heterocycles. The number of amides is 1. The third-order valence-corrected chi connectivity index (χ3v) is 7.28. The molecule has 2 N–H and O–H groups in total. The Labute approximate surface area is 211 Å². The van der Waals surface area contributed by atoms with Crippen LogP contribution in [0.4, 0.5) is 0 Å². The second-order valence-corrected chi connectivity index (χ2v) is 9.38. The summed E-state index contributed by atoms with van der Waals surface area (Å²) in [7, 11) is 1.80. The molecule has 1 amide bonds. The van der Waals surface area contributed by atoms with Crippen LogP contribution in [0.25, 0.3) is 10.9 Å². The summed E-state index contributed by atoms with van der Waals surface area (Å²) < 4.78 is 7.25. The molecule has 178 valence electrons. The first-order chi connectivity index (χ1) is 16.8. The number of aliphatic carboxylic acids is 1. The van der Waals surface area contributed by atoms with Gasteiger partial charge in [0, 0.05) is 30.3 Å². The number of halogens is 2. The highest BCUT2D eigenvalue weighted by molar-refractivity contribution is 6.45. The minimum absolute atomic E-state index is 0.276. The Morgan fingerprint density at radius 2 is 1.86 bits per heavy atom. The molecule has 35 heavy (non-hydrogen) atoms. The van der Waals surface area contributed by atoms with Crippen molar-refractivity contribution in [1.82, 2.24) is 14.9 Å². The molecule has 4 aromatic rings. The fourth-order valence-corrected chi connectivity index (χ4v) is 4.86. The van der Waals surface area contributed by atoms with Gasteiger partial charge < -0.3 is 19.7 Å². The van der Waals surface area contributed by atoms with E-state index in [1.165, 1.54) is 0 Å². The number of hydrogen-bond acceptors (Lipinski definition) is 4. The summed E-state index contributed by atoms with van der Waals surface area (Å²) in [5.41, 5.74) is 2.56. The molecule has 0 saturated carbocycles. The topological polar surface area (TPSA) is 93.5 Å². The number of nitrogens with zero attached hydrogens (tertiary/aromatic N) is 2. The number of carboxylic acid groups (broad SMARTS) is 1. The van der Waals surface area contributed by atoms with Gasteiger partial charge in [0.2, 0.25) is 0 Å². The highest BCUT2D eigenvalue weighted by atomic mass is 35.5. The van der Waals surface area contributed by atoms with Crippen LogP contribution in [0.2, 0.25) is 10.0 Å². The molecule has 9 heteroatoms. The largest absolute Gasteiger partial charge is 0.481 e. The molecule has 0 bridgehead atoms. The lowest BCUT2D eigenvalue weighted by atomic mass is 9.85. The number of aryl methyl sites for hydroxylation is 1. The summed E-state index contributed by atoms with van der Waals surface area (Å²) in [6, 6.07) is 15.9. The smallest absolute Gasteiger partial charge is 0.315 e. The van der Waals surface area contributed by atoms with Gasteiger partial charge in [0.05, 0.1) is 23.3 Å². The van der Waals surface area contributed by atoms with Gasteiger partial charge in [-0.05, 0) is 41.0 Å². The Morgan fingerprint density at radius 1 is 1.11 bits per heavy atom. The normalized spacial score (nSPS) is 15.4. The number of carbonyl (C=O) groups is 2.